The van der Waals surface area contributed by atoms with E-state index in [0.29, 0.717) is 23.9 Å². The van der Waals surface area contributed by atoms with E-state index in [0.717, 1.165) is 6.42 Å². The zero-order valence-corrected chi connectivity index (χ0v) is 15.7. The van der Waals surface area contributed by atoms with Gasteiger partial charge in [-0.25, -0.2) is 0 Å². The van der Waals surface area contributed by atoms with Crippen molar-refractivity contribution in [2.75, 3.05) is 26.7 Å². The Kier molecular flexibility index (Phi) is 6.30. The minimum atomic E-state index is -0.100. The van der Waals surface area contributed by atoms with Crippen LogP contribution in [0.4, 0.5) is 0 Å². The van der Waals surface area contributed by atoms with E-state index in [1.54, 1.807) is 19.2 Å². The molecule has 0 radical (unpaired) electrons. The maximum absolute atomic E-state index is 12.5. The Balaban J connectivity index is 1.48. The lowest BCUT2D eigenvalue weighted by Gasteiger charge is -2.44. The first kappa shape index (κ1) is 18.9. The fourth-order valence-electron chi connectivity index (χ4n) is 4.46. The number of hydrogen-bond donors (Lipinski definition) is 1. The van der Waals surface area contributed by atoms with Crippen molar-refractivity contribution >= 4 is 11.7 Å². The predicted molar refractivity (Wildman–Crippen MR) is 101 cm³/mol. The molecule has 26 heavy (non-hydrogen) atoms. The van der Waals surface area contributed by atoms with Gasteiger partial charge in [-0.15, -0.1) is 0 Å². The quantitative estimate of drug-likeness (QED) is 0.794. The van der Waals surface area contributed by atoms with Gasteiger partial charge in [0.05, 0.1) is 6.54 Å². The summed E-state index contributed by atoms with van der Waals surface area (Å²) in [6, 6.07) is 6.84. The molecule has 0 bridgehead atoms. The maximum Gasteiger partial charge on any atom is 0.222 e. The molecule has 0 unspecified atom stereocenters. The largest absolute Gasteiger partial charge is 0.508 e. The summed E-state index contributed by atoms with van der Waals surface area (Å²) in [7, 11) is 1.70. The Morgan fingerprint density at radius 1 is 1.12 bits per heavy atom. The fraction of sp³-hybridized carbons (Fsp3) is 0.619. The van der Waals surface area contributed by atoms with Crippen LogP contribution in [0, 0.1) is 5.92 Å². The number of nitrogens with zero attached hydrogens (tertiary/aromatic N) is 2. The summed E-state index contributed by atoms with van der Waals surface area (Å²) in [6.45, 7) is 2.52. The summed E-state index contributed by atoms with van der Waals surface area (Å²) < 4.78 is 0. The normalized spacial score (nSPS) is 23.3. The van der Waals surface area contributed by atoms with Gasteiger partial charge in [0.1, 0.15) is 5.75 Å². The lowest BCUT2D eigenvalue weighted by molar-refractivity contribution is -0.130. The first-order valence-electron chi connectivity index (χ1n) is 9.85. The number of ketones is 1. The van der Waals surface area contributed by atoms with Crippen LogP contribution in [0.2, 0.25) is 0 Å². The second-order valence-corrected chi connectivity index (χ2v) is 7.76. The number of carbonyl (C=O) groups is 2. The molecule has 2 saturated heterocycles. The maximum atomic E-state index is 12.5. The van der Waals surface area contributed by atoms with Crippen LogP contribution < -0.4 is 0 Å². The molecule has 0 saturated carbocycles. The number of fused-ring (bicyclic) bond motifs is 1. The van der Waals surface area contributed by atoms with Crippen molar-refractivity contribution in [3.8, 4) is 5.75 Å². The molecule has 0 spiro atoms. The topological polar surface area (TPSA) is 60.9 Å². The lowest BCUT2D eigenvalue weighted by Crippen LogP contribution is -2.48. The zero-order valence-electron chi connectivity index (χ0n) is 15.7. The number of carbonyl (C=O) groups excluding carboxylic acids is 2. The van der Waals surface area contributed by atoms with Crippen molar-refractivity contribution in [1.82, 2.24) is 9.80 Å². The van der Waals surface area contributed by atoms with E-state index >= 15 is 0 Å². The summed E-state index contributed by atoms with van der Waals surface area (Å²) in [6.07, 6.45) is 7.81. The van der Waals surface area contributed by atoms with E-state index in [9.17, 15) is 14.7 Å². The molecule has 1 aromatic carbocycles. The average Bonchev–Trinajstić information content (AvgIpc) is 2.66. The number of amides is 1. The van der Waals surface area contributed by atoms with Gasteiger partial charge < -0.3 is 14.9 Å². The van der Waals surface area contributed by atoms with Gasteiger partial charge in [0, 0.05) is 25.1 Å². The standard InChI is InChI=1S/C21H30N2O3/c1-22(15-20(25)17-7-10-18(24)11-8-17)21(26)12-9-16-5-4-14-23-13-3-2-6-19(16)23/h7-8,10-11,16,19,24H,2-6,9,12-15H2,1H3/t16-,19+/m0/s1. The fourth-order valence-corrected chi connectivity index (χ4v) is 4.46. The second kappa shape index (κ2) is 8.67. The summed E-state index contributed by atoms with van der Waals surface area (Å²) in [5.41, 5.74) is 0.521. The van der Waals surface area contributed by atoms with Crippen LogP contribution in [-0.2, 0) is 4.79 Å². The molecule has 1 amide bonds. The molecular weight excluding hydrogens is 328 g/mol. The summed E-state index contributed by atoms with van der Waals surface area (Å²) in [5.74, 6) is 0.700. The van der Waals surface area contributed by atoms with Crippen molar-refractivity contribution in [2.45, 2.75) is 51.0 Å². The Hall–Kier alpha value is -1.88. The summed E-state index contributed by atoms with van der Waals surface area (Å²) in [4.78, 5) is 28.9. The number of phenols is 1. The Morgan fingerprint density at radius 3 is 2.62 bits per heavy atom. The molecule has 5 nitrogen and oxygen atoms in total. The molecule has 3 rings (SSSR count). The number of likely N-dealkylation sites (N-methyl/N-ethyl adjacent to an activating group) is 1. The van der Waals surface area contributed by atoms with Gasteiger partial charge in [0.15, 0.2) is 5.78 Å². The minimum Gasteiger partial charge on any atom is -0.508 e. The van der Waals surface area contributed by atoms with Crippen LogP contribution in [0.25, 0.3) is 0 Å². The minimum absolute atomic E-state index is 0.0464. The number of Topliss-reactive ketones (excluding diaryl/α,β-unsaturated/α-hetero) is 1. The molecule has 2 fully saturated rings. The highest BCUT2D eigenvalue weighted by atomic mass is 16.3. The number of hydrogen-bond acceptors (Lipinski definition) is 4. The van der Waals surface area contributed by atoms with E-state index in [1.165, 1.54) is 62.2 Å². The van der Waals surface area contributed by atoms with Crippen LogP contribution in [0.15, 0.2) is 24.3 Å². The van der Waals surface area contributed by atoms with Gasteiger partial charge in [-0.05, 0) is 75.4 Å². The molecule has 1 N–H and O–H groups in total. The van der Waals surface area contributed by atoms with E-state index in [1.807, 2.05) is 0 Å². The smallest absolute Gasteiger partial charge is 0.222 e. The monoisotopic (exact) mass is 358 g/mol. The first-order valence-corrected chi connectivity index (χ1v) is 9.85. The first-order chi connectivity index (χ1) is 12.5. The third-order valence-corrected chi connectivity index (χ3v) is 5.95. The van der Waals surface area contributed by atoms with E-state index < -0.39 is 0 Å². The number of rotatable bonds is 6. The molecular formula is C21H30N2O3. The molecule has 5 heteroatoms. The molecule has 2 atom stereocenters. The van der Waals surface area contributed by atoms with Gasteiger partial charge in [-0.3, -0.25) is 9.59 Å². The third-order valence-electron chi connectivity index (χ3n) is 5.95. The van der Waals surface area contributed by atoms with Crippen molar-refractivity contribution in [3.05, 3.63) is 29.8 Å². The van der Waals surface area contributed by atoms with Gasteiger partial charge in [0.2, 0.25) is 5.91 Å². The van der Waals surface area contributed by atoms with E-state index in [-0.39, 0.29) is 24.0 Å². The van der Waals surface area contributed by atoms with Crippen LogP contribution in [0.5, 0.6) is 5.75 Å². The predicted octanol–water partition coefficient (Wildman–Crippen LogP) is 3.08. The highest BCUT2D eigenvalue weighted by Crippen LogP contribution is 2.33. The molecule has 0 aliphatic carbocycles. The number of piperidine rings is 2. The van der Waals surface area contributed by atoms with Gasteiger partial charge >= 0.3 is 0 Å². The van der Waals surface area contributed by atoms with Crippen LogP contribution in [0.3, 0.4) is 0 Å². The molecule has 142 valence electrons. The zero-order chi connectivity index (χ0) is 18.5. The second-order valence-electron chi connectivity index (χ2n) is 7.76. The Labute approximate surface area is 156 Å². The van der Waals surface area contributed by atoms with E-state index in [2.05, 4.69) is 4.90 Å². The van der Waals surface area contributed by atoms with Crippen LogP contribution in [-0.4, -0.2) is 59.3 Å². The molecule has 0 aromatic heterocycles. The highest BCUT2D eigenvalue weighted by Gasteiger charge is 2.33. The average molecular weight is 358 g/mol. The molecule has 2 aliphatic heterocycles. The Bertz CT molecular complexity index is 627. The number of phenolic OH excluding ortho intramolecular Hbond substituents is 1. The highest BCUT2D eigenvalue weighted by molar-refractivity contribution is 5.99. The van der Waals surface area contributed by atoms with E-state index in [4.69, 9.17) is 0 Å². The van der Waals surface area contributed by atoms with Crippen molar-refractivity contribution in [2.24, 2.45) is 5.92 Å². The van der Waals surface area contributed by atoms with Gasteiger partial charge in [-0.1, -0.05) is 6.42 Å². The Morgan fingerprint density at radius 2 is 1.85 bits per heavy atom. The summed E-state index contributed by atoms with van der Waals surface area (Å²) in [5, 5.41) is 9.31. The molecule has 1 aromatic rings. The lowest BCUT2D eigenvalue weighted by atomic mass is 9.81. The van der Waals surface area contributed by atoms with Crippen molar-refractivity contribution in [3.63, 3.8) is 0 Å². The van der Waals surface area contributed by atoms with Gasteiger partial charge in [-0.2, -0.15) is 0 Å². The molecule has 2 aliphatic rings. The number of benzene rings is 1. The SMILES string of the molecule is CN(CC(=O)c1ccc(O)cc1)C(=O)CC[C@@H]1CCCN2CCCC[C@H]12. The van der Waals surface area contributed by atoms with Gasteiger partial charge in [0.25, 0.3) is 0 Å². The molecule has 2 heterocycles. The van der Waals surface area contributed by atoms with Crippen LogP contribution >= 0.6 is 0 Å². The van der Waals surface area contributed by atoms with Crippen molar-refractivity contribution in [1.29, 1.82) is 0 Å². The van der Waals surface area contributed by atoms with Crippen LogP contribution in [0.1, 0.15) is 55.3 Å². The summed E-state index contributed by atoms with van der Waals surface area (Å²) >= 11 is 0. The van der Waals surface area contributed by atoms with Crippen molar-refractivity contribution < 1.29 is 14.7 Å². The number of aromatic hydroxyl groups is 1. The third kappa shape index (κ3) is 4.64.